The summed E-state index contributed by atoms with van der Waals surface area (Å²) in [4.78, 5) is 2.94. The highest BCUT2D eigenvalue weighted by atomic mass is 32.1. The predicted octanol–water partition coefficient (Wildman–Crippen LogP) is 1.46. The number of hydrogen-bond acceptors (Lipinski definition) is 1. The molecule has 0 atom stereocenters. The summed E-state index contributed by atoms with van der Waals surface area (Å²) in [5, 5.41) is 0. The van der Waals surface area contributed by atoms with Crippen molar-refractivity contribution >= 4 is 17.2 Å². The lowest BCUT2D eigenvalue weighted by Gasteiger charge is -2.13. The molecule has 0 saturated heterocycles. The summed E-state index contributed by atoms with van der Waals surface area (Å²) in [6.07, 6.45) is 2.89. The van der Waals surface area contributed by atoms with Gasteiger partial charge in [0.05, 0.1) is 4.99 Å². The highest BCUT2D eigenvalue weighted by molar-refractivity contribution is 7.80. The molecule has 1 aromatic heterocycles. The highest BCUT2D eigenvalue weighted by Crippen LogP contribution is 2.02. The third-order valence-electron chi connectivity index (χ3n) is 1.88. The van der Waals surface area contributed by atoms with Crippen molar-refractivity contribution in [1.29, 1.82) is 0 Å². The summed E-state index contributed by atoms with van der Waals surface area (Å²) in [5.74, 6) is 0. The Hall–Kier alpha value is -0.830. The summed E-state index contributed by atoms with van der Waals surface area (Å²) in [7, 11) is 5.99. The Labute approximate surface area is 78.8 Å². The average molecular weight is 182 g/mol. The van der Waals surface area contributed by atoms with Crippen molar-refractivity contribution in [2.24, 2.45) is 7.05 Å². The molecule has 3 heteroatoms. The average Bonchev–Trinajstić information content (AvgIpc) is 2.36. The number of rotatable bonds is 2. The molecule has 0 N–H and O–H groups in total. The van der Waals surface area contributed by atoms with Gasteiger partial charge in [-0.05, 0) is 12.1 Å². The van der Waals surface area contributed by atoms with Gasteiger partial charge >= 0.3 is 0 Å². The Bertz CT molecular complexity index is 276. The quantitative estimate of drug-likeness (QED) is 0.640. The molecule has 1 rings (SSSR count). The normalized spacial score (nSPS) is 9.92. The van der Waals surface area contributed by atoms with Crippen LogP contribution in [0.1, 0.15) is 5.69 Å². The molecule has 0 bridgehead atoms. The lowest BCUT2D eigenvalue weighted by atomic mass is 10.3. The van der Waals surface area contributed by atoms with Gasteiger partial charge in [-0.15, -0.1) is 0 Å². The van der Waals surface area contributed by atoms with Crippen LogP contribution in [0.2, 0.25) is 0 Å². The second-order valence-electron chi connectivity index (χ2n) is 3.08. The molecule has 0 saturated carbocycles. The van der Waals surface area contributed by atoms with Gasteiger partial charge in [0.1, 0.15) is 0 Å². The maximum absolute atomic E-state index is 5.20. The Morgan fingerprint density at radius 2 is 2.25 bits per heavy atom. The van der Waals surface area contributed by atoms with E-state index in [0.29, 0.717) is 0 Å². The van der Waals surface area contributed by atoms with E-state index in [1.54, 1.807) is 0 Å². The van der Waals surface area contributed by atoms with Crippen LogP contribution in [0.15, 0.2) is 18.3 Å². The monoisotopic (exact) mass is 182 g/mol. The first-order valence-electron chi connectivity index (χ1n) is 3.91. The highest BCUT2D eigenvalue weighted by Gasteiger charge is 2.02. The number of likely N-dealkylation sites (N-methyl/N-ethyl adjacent to an activating group) is 1. The van der Waals surface area contributed by atoms with Crippen molar-refractivity contribution in [3.05, 3.63) is 24.0 Å². The predicted molar refractivity (Wildman–Crippen MR) is 55.4 cm³/mol. The molecule has 0 spiro atoms. The SMILES string of the molecule is CN(C)C(=S)Cc1cccn1C. The topological polar surface area (TPSA) is 8.17 Å². The minimum absolute atomic E-state index is 0.853. The first-order chi connectivity index (χ1) is 5.61. The van der Waals surface area contributed by atoms with Crippen molar-refractivity contribution in [3.63, 3.8) is 0 Å². The maximum atomic E-state index is 5.20. The zero-order valence-corrected chi connectivity index (χ0v) is 8.56. The second-order valence-corrected chi connectivity index (χ2v) is 3.55. The summed E-state index contributed by atoms with van der Waals surface area (Å²) < 4.78 is 2.09. The molecule has 12 heavy (non-hydrogen) atoms. The maximum Gasteiger partial charge on any atom is 0.0833 e. The molecule has 66 valence electrons. The van der Waals surface area contributed by atoms with E-state index in [4.69, 9.17) is 12.2 Å². The standard InChI is InChI=1S/C9H14N2S/c1-10(2)9(12)7-8-5-4-6-11(8)3/h4-6H,7H2,1-3H3. The van der Waals surface area contributed by atoms with Gasteiger partial charge in [0.25, 0.3) is 0 Å². The van der Waals surface area contributed by atoms with Crippen LogP contribution in [0.4, 0.5) is 0 Å². The molecule has 0 fully saturated rings. The summed E-state index contributed by atoms with van der Waals surface area (Å²) >= 11 is 5.20. The van der Waals surface area contributed by atoms with Gasteiger partial charge in [0.2, 0.25) is 0 Å². The van der Waals surface area contributed by atoms with Crippen LogP contribution in [0, 0.1) is 0 Å². The summed E-state index contributed by atoms with van der Waals surface area (Å²) in [5.41, 5.74) is 1.26. The van der Waals surface area contributed by atoms with Crippen LogP contribution in [-0.4, -0.2) is 28.6 Å². The lowest BCUT2D eigenvalue weighted by molar-refractivity contribution is 0.621. The Kier molecular flexibility index (Phi) is 2.87. The minimum Gasteiger partial charge on any atom is -0.372 e. The van der Waals surface area contributed by atoms with Crippen molar-refractivity contribution in [2.75, 3.05) is 14.1 Å². The van der Waals surface area contributed by atoms with Crippen LogP contribution in [0.3, 0.4) is 0 Å². The Morgan fingerprint density at radius 3 is 2.67 bits per heavy atom. The number of aryl methyl sites for hydroxylation is 1. The van der Waals surface area contributed by atoms with Crippen LogP contribution < -0.4 is 0 Å². The zero-order valence-electron chi connectivity index (χ0n) is 7.74. The molecular weight excluding hydrogens is 168 g/mol. The van der Waals surface area contributed by atoms with E-state index < -0.39 is 0 Å². The fourth-order valence-electron chi connectivity index (χ4n) is 0.993. The molecule has 0 unspecified atom stereocenters. The van der Waals surface area contributed by atoms with Crippen molar-refractivity contribution < 1.29 is 0 Å². The molecule has 0 radical (unpaired) electrons. The van der Waals surface area contributed by atoms with Crippen LogP contribution in [0.5, 0.6) is 0 Å². The number of nitrogens with zero attached hydrogens (tertiary/aromatic N) is 2. The van der Waals surface area contributed by atoms with Gasteiger partial charge in [-0.1, -0.05) is 12.2 Å². The zero-order chi connectivity index (χ0) is 9.14. The molecule has 1 aromatic rings. The third-order valence-corrected chi connectivity index (χ3v) is 2.39. The third kappa shape index (κ3) is 2.08. The largest absolute Gasteiger partial charge is 0.372 e. The van der Waals surface area contributed by atoms with Gasteiger partial charge in [0.15, 0.2) is 0 Å². The van der Waals surface area contributed by atoms with Crippen molar-refractivity contribution in [3.8, 4) is 0 Å². The van der Waals surface area contributed by atoms with E-state index in [9.17, 15) is 0 Å². The Morgan fingerprint density at radius 1 is 1.58 bits per heavy atom. The van der Waals surface area contributed by atoms with Crippen molar-refractivity contribution in [2.45, 2.75) is 6.42 Å². The molecule has 0 amide bonds. The fourth-order valence-corrected chi connectivity index (χ4v) is 1.14. The Balaban J connectivity index is 2.64. The first kappa shape index (κ1) is 9.26. The van der Waals surface area contributed by atoms with Crippen LogP contribution >= 0.6 is 12.2 Å². The second kappa shape index (κ2) is 3.72. The van der Waals surface area contributed by atoms with E-state index in [1.807, 2.05) is 38.3 Å². The van der Waals surface area contributed by atoms with E-state index >= 15 is 0 Å². The lowest BCUT2D eigenvalue weighted by Crippen LogP contribution is -2.22. The molecule has 0 aliphatic carbocycles. The molecular formula is C9H14N2S. The number of aromatic nitrogens is 1. The molecule has 1 heterocycles. The molecule has 0 aliphatic rings. The number of hydrogen-bond donors (Lipinski definition) is 0. The van der Waals surface area contributed by atoms with Gasteiger partial charge in [-0.3, -0.25) is 0 Å². The van der Waals surface area contributed by atoms with Gasteiger partial charge < -0.3 is 9.47 Å². The van der Waals surface area contributed by atoms with E-state index in [-0.39, 0.29) is 0 Å². The molecule has 0 aromatic carbocycles. The van der Waals surface area contributed by atoms with Gasteiger partial charge in [0, 0.05) is 39.5 Å². The van der Waals surface area contributed by atoms with Crippen LogP contribution in [-0.2, 0) is 13.5 Å². The van der Waals surface area contributed by atoms with Crippen LogP contribution in [0.25, 0.3) is 0 Å². The van der Waals surface area contributed by atoms with Crippen molar-refractivity contribution in [1.82, 2.24) is 9.47 Å². The summed E-state index contributed by atoms with van der Waals surface area (Å²) in [6.45, 7) is 0. The first-order valence-corrected chi connectivity index (χ1v) is 4.32. The summed E-state index contributed by atoms with van der Waals surface area (Å²) in [6, 6.07) is 4.13. The van der Waals surface area contributed by atoms with Gasteiger partial charge in [-0.2, -0.15) is 0 Å². The fraction of sp³-hybridized carbons (Fsp3) is 0.444. The van der Waals surface area contributed by atoms with E-state index in [1.165, 1.54) is 5.69 Å². The van der Waals surface area contributed by atoms with Gasteiger partial charge in [-0.25, -0.2) is 0 Å². The van der Waals surface area contributed by atoms with E-state index in [2.05, 4.69) is 10.6 Å². The molecule has 2 nitrogen and oxygen atoms in total. The molecule has 0 aliphatic heterocycles. The number of thiocarbonyl (C=S) groups is 1. The minimum atomic E-state index is 0.853. The smallest absolute Gasteiger partial charge is 0.0833 e. The van der Waals surface area contributed by atoms with E-state index in [0.717, 1.165) is 11.4 Å².